The normalized spacial score (nSPS) is 21.0. The summed E-state index contributed by atoms with van der Waals surface area (Å²) < 4.78 is 0.611. The molecule has 1 saturated heterocycles. The van der Waals surface area contributed by atoms with Gasteiger partial charge in [-0.3, -0.25) is 0 Å². The number of carbonyl (C=O) groups is 2. The maximum absolute atomic E-state index is 12.0. The average molecular weight is 373 g/mol. The third-order valence-corrected chi connectivity index (χ3v) is 5.60. The molecule has 1 unspecified atom stereocenters. The smallest absolute Gasteiger partial charge is 0.337 e. The van der Waals surface area contributed by atoms with E-state index in [1.54, 1.807) is 12.1 Å². The first-order valence-corrected chi connectivity index (χ1v) is 8.40. The maximum Gasteiger partial charge on any atom is 0.337 e. The molecule has 1 atom stereocenters. The van der Waals surface area contributed by atoms with Crippen molar-refractivity contribution in [3.05, 3.63) is 28.2 Å². The van der Waals surface area contributed by atoms with Crippen molar-refractivity contribution in [3.63, 3.8) is 0 Å². The number of carboxylic acids is 1. The number of urea groups is 1. The number of anilines is 1. The van der Waals surface area contributed by atoms with E-state index in [1.165, 1.54) is 6.07 Å². The minimum Gasteiger partial charge on any atom is -0.478 e. The number of rotatable bonds is 4. The molecule has 2 amide bonds. The zero-order chi connectivity index (χ0) is 15.5. The Balaban J connectivity index is 2.01. The predicted octanol–water partition coefficient (Wildman–Crippen LogP) is 3.55. The molecule has 114 valence electrons. The zero-order valence-corrected chi connectivity index (χ0v) is 14.0. The number of para-hydroxylation sites is 1. The summed E-state index contributed by atoms with van der Waals surface area (Å²) in [6, 6.07) is 4.37. The third kappa shape index (κ3) is 4.14. The van der Waals surface area contributed by atoms with Crippen LogP contribution in [0.1, 0.15) is 30.1 Å². The molecule has 1 fully saturated rings. The zero-order valence-electron chi connectivity index (χ0n) is 11.6. The molecule has 21 heavy (non-hydrogen) atoms. The van der Waals surface area contributed by atoms with E-state index in [-0.39, 0.29) is 16.0 Å². The molecule has 0 aromatic heterocycles. The maximum atomic E-state index is 12.0. The summed E-state index contributed by atoms with van der Waals surface area (Å²) in [6.45, 7) is 2.70. The Morgan fingerprint density at radius 3 is 2.86 bits per heavy atom. The van der Waals surface area contributed by atoms with Crippen LogP contribution in [0.15, 0.2) is 22.7 Å². The van der Waals surface area contributed by atoms with E-state index in [2.05, 4.69) is 33.5 Å². The number of thioether (sulfide) groups is 1. The van der Waals surface area contributed by atoms with Gasteiger partial charge in [-0.25, -0.2) is 9.59 Å². The largest absolute Gasteiger partial charge is 0.478 e. The molecule has 0 bridgehead atoms. The van der Waals surface area contributed by atoms with Gasteiger partial charge in [0.2, 0.25) is 0 Å². The van der Waals surface area contributed by atoms with E-state index in [9.17, 15) is 9.59 Å². The molecule has 5 nitrogen and oxygen atoms in total. The molecule has 3 N–H and O–H groups in total. The van der Waals surface area contributed by atoms with Crippen LogP contribution >= 0.6 is 27.7 Å². The van der Waals surface area contributed by atoms with Gasteiger partial charge in [0.05, 0.1) is 11.3 Å². The van der Waals surface area contributed by atoms with E-state index in [4.69, 9.17) is 5.11 Å². The standard InChI is InChI=1S/C14H17BrN2O3S/c1-14(6-3-7-21-14)8-16-13(20)17-11-9(12(18)19)4-2-5-10(11)15/h2,4-5H,3,6-8H2,1H3,(H,18,19)(H2,16,17,20). The lowest BCUT2D eigenvalue weighted by molar-refractivity contribution is 0.0698. The highest BCUT2D eigenvalue weighted by Gasteiger charge is 2.29. The second-order valence-electron chi connectivity index (χ2n) is 5.18. The van der Waals surface area contributed by atoms with Gasteiger partial charge in [-0.15, -0.1) is 0 Å². The number of hydrogen-bond donors (Lipinski definition) is 3. The molecular weight excluding hydrogens is 356 g/mol. The summed E-state index contributed by atoms with van der Waals surface area (Å²) in [5.74, 6) is 0.0395. The number of benzene rings is 1. The molecule has 2 rings (SSSR count). The van der Waals surface area contributed by atoms with Crippen LogP contribution in [-0.2, 0) is 0 Å². The van der Waals surface area contributed by atoms with Crippen LogP contribution in [-0.4, -0.2) is 34.2 Å². The molecule has 1 aromatic rings. The van der Waals surface area contributed by atoms with Crippen LogP contribution < -0.4 is 10.6 Å². The van der Waals surface area contributed by atoms with Crippen molar-refractivity contribution in [2.24, 2.45) is 0 Å². The number of carboxylic acid groups (broad SMARTS) is 1. The number of nitrogens with one attached hydrogen (secondary N) is 2. The SMILES string of the molecule is CC1(CNC(=O)Nc2c(Br)cccc2C(=O)O)CCCS1. The highest BCUT2D eigenvalue weighted by atomic mass is 79.9. The number of aromatic carboxylic acids is 1. The average Bonchev–Trinajstić information content (AvgIpc) is 2.86. The molecule has 1 heterocycles. The Kier molecular flexibility index (Phi) is 5.16. The Morgan fingerprint density at radius 1 is 1.48 bits per heavy atom. The quantitative estimate of drug-likeness (QED) is 0.754. The Hall–Kier alpha value is -1.21. The first-order valence-electron chi connectivity index (χ1n) is 6.62. The van der Waals surface area contributed by atoms with Gasteiger partial charge < -0.3 is 15.7 Å². The van der Waals surface area contributed by atoms with Crippen molar-refractivity contribution in [3.8, 4) is 0 Å². The molecule has 0 saturated carbocycles. The van der Waals surface area contributed by atoms with Crippen molar-refractivity contribution >= 4 is 45.4 Å². The van der Waals surface area contributed by atoms with E-state index < -0.39 is 12.0 Å². The van der Waals surface area contributed by atoms with Crippen LogP contribution in [0.25, 0.3) is 0 Å². The van der Waals surface area contributed by atoms with Crippen molar-refractivity contribution in [1.82, 2.24) is 5.32 Å². The molecule has 0 radical (unpaired) electrons. The van der Waals surface area contributed by atoms with Crippen LogP contribution in [0.5, 0.6) is 0 Å². The fourth-order valence-electron chi connectivity index (χ4n) is 2.23. The molecule has 0 aliphatic carbocycles. The number of carbonyl (C=O) groups excluding carboxylic acids is 1. The topological polar surface area (TPSA) is 78.4 Å². The Morgan fingerprint density at radius 2 is 2.24 bits per heavy atom. The van der Waals surface area contributed by atoms with Gasteiger partial charge in [0.25, 0.3) is 0 Å². The molecule has 7 heteroatoms. The summed E-state index contributed by atoms with van der Waals surface area (Å²) in [7, 11) is 0. The molecule has 1 aliphatic rings. The van der Waals surface area contributed by atoms with Crippen molar-refractivity contribution in [2.75, 3.05) is 17.6 Å². The molecular formula is C14H17BrN2O3S. The second-order valence-corrected chi connectivity index (χ2v) is 7.71. The first-order chi connectivity index (χ1) is 9.91. The van der Waals surface area contributed by atoms with Crippen molar-refractivity contribution < 1.29 is 14.7 Å². The minimum absolute atomic E-state index is 0.0565. The van der Waals surface area contributed by atoms with Crippen LogP contribution in [0, 0.1) is 0 Å². The monoisotopic (exact) mass is 372 g/mol. The summed E-state index contributed by atoms with van der Waals surface area (Å²) >= 11 is 5.12. The van der Waals surface area contributed by atoms with Crippen molar-refractivity contribution in [2.45, 2.75) is 24.5 Å². The number of hydrogen-bond acceptors (Lipinski definition) is 3. The van der Waals surface area contributed by atoms with Crippen LogP contribution in [0.3, 0.4) is 0 Å². The Bertz CT molecular complexity index is 559. The molecule has 0 spiro atoms. The third-order valence-electron chi connectivity index (χ3n) is 3.41. The van der Waals surface area contributed by atoms with Gasteiger partial charge in [0, 0.05) is 15.8 Å². The summed E-state index contributed by atoms with van der Waals surface area (Å²) in [5.41, 5.74) is 0.327. The summed E-state index contributed by atoms with van der Waals surface area (Å²) in [4.78, 5) is 23.2. The second kappa shape index (κ2) is 6.70. The Labute approximate surface area is 136 Å². The summed E-state index contributed by atoms with van der Waals surface area (Å²) in [5, 5.41) is 14.6. The highest BCUT2D eigenvalue weighted by molar-refractivity contribution is 9.10. The first kappa shape index (κ1) is 16.2. The van der Waals surface area contributed by atoms with E-state index in [1.807, 2.05) is 11.8 Å². The van der Waals surface area contributed by atoms with Gasteiger partial charge in [-0.05, 0) is 53.6 Å². The lowest BCUT2D eigenvalue weighted by Gasteiger charge is -2.23. The number of halogens is 1. The fourth-order valence-corrected chi connectivity index (χ4v) is 3.94. The van der Waals surface area contributed by atoms with Gasteiger partial charge in [-0.1, -0.05) is 6.07 Å². The minimum atomic E-state index is -1.08. The lowest BCUT2D eigenvalue weighted by atomic mass is 10.1. The fraction of sp³-hybridized carbons (Fsp3) is 0.429. The molecule has 1 aliphatic heterocycles. The van der Waals surface area contributed by atoms with Gasteiger partial charge >= 0.3 is 12.0 Å². The van der Waals surface area contributed by atoms with Crippen molar-refractivity contribution in [1.29, 1.82) is 0 Å². The highest BCUT2D eigenvalue weighted by Crippen LogP contribution is 2.37. The van der Waals surface area contributed by atoms with E-state index in [0.29, 0.717) is 11.0 Å². The van der Waals surface area contributed by atoms with Gasteiger partial charge in [-0.2, -0.15) is 11.8 Å². The lowest BCUT2D eigenvalue weighted by Crippen LogP contribution is -2.39. The predicted molar refractivity (Wildman–Crippen MR) is 88.2 cm³/mol. The summed E-state index contributed by atoms with van der Waals surface area (Å²) in [6.07, 6.45) is 2.24. The van der Waals surface area contributed by atoms with E-state index >= 15 is 0 Å². The number of amides is 2. The van der Waals surface area contributed by atoms with Crippen LogP contribution in [0.4, 0.5) is 10.5 Å². The molecule has 1 aromatic carbocycles. The van der Waals surface area contributed by atoms with Gasteiger partial charge in [0.15, 0.2) is 0 Å². The van der Waals surface area contributed by atoms with Crippen LogP contribution in [0.2, 0.25) is 0 Å². The van der Waals surface area contributed by atoms with E-state index in [0.717, 1.165) is 18.6 Å². The van der Waals surface area contributed by atoms with Gasteiger partial charge in [0.1, 0.15) is 0 Å².